The van der Waals surface area contributed by atoms with Crippen LogP contribution in [0.25, 0.3) is 0 Å². The maximum atomic E-state index is 11.9. The van der Waals surface area contributed by atoms with Crippen LogP contribution in [0.2, 0.25) is 0 Å². The number of carboxylic acid groups (broad SMARTS) is 1. The maximum absolute atomic E-state index is 11.9. The molecule has 4 nitrogen and oxygen atoms in total. The third-order valence-electron chi connectivity index (χ3n) is 2.68. The van der Waals surface area contributed by atoms with Crippen LogP contribution >= 0.6 is 11.3 Å². The van der Waals surface area contributed by atoms with Crippen LogP contribution in [-0.4, -0.2) is 35.5 Å². The van der Waals surface area contributed by atoms with Gasteiger partial charge in [-0.1, -0.05) is 0 Å². The summed E-state index contributed by atoms with van der Waals surface area (Å²) in [6.07, 6.45) is 3.26. The molecule has 86 valence electrons. The summed E-state index contributed by atoms with van der Waals surface area (Å²) in [6, 6.07) is 1.91. The van der Waals surface area contributed by atoms with E-state index in [1.807, 2.05) is 6.07 Å². The van der Waals surface area contributed by atoms with Crippen LogP contribution in [0.5, 0.6) is 0 Å². The van der Waals surface area contributed by atoms with E-state index >= 15 is 0 Å². The standard InChI is InChI=1S/C11H13NO3S/c1-12(6-10(13)14)11(15)9-5-7-3-2-4-8(7)16-9/h5H,2-4,6H2,1H3,(H,13,14). The average molecular weight is 239 g/mol. The fraction of sp³-hybridized carbons (Fsp3) is 0.455. The summed E-state index contributed by atoms with van der Waals surface area (Å²) < 4.78 is 0. The summed E-state index contributed by atoms with van der Waals surface area (Å²) in [4.78, 5) is 25.5. The van der Waals surface area contributed by atoms with Gasteiger partial charge in [0.05, 0.1) is 4.88 Å². The minimum absolute atomic E-state index is 0.193. The Balaban J connectivity index is 2.11. The van der Waals surface area contributed by atoms with E-state index in [-0.39, 0.29) is 12.5 Å². The number of nitrogens with zero attached hydrogens (tertiary/aromatic N) is 1. The highest BCUT2D eigenvalue weighted by atomic mass is 32.1. The molecule has 1 aliphatic rings. The first-order valence-corrected chi connectivity index (χ1v) is 5.98. The number of aryl methyl sites for hydroxylation is 2. The predicted octanol–water partition coefficient (Wildman–Crippen LogP) is 1.39. The van der Waals surface area contributed by atoms with Gasteiger partial charge in [0.15, 0.2) is 0 Å². The molecule has 1 aromatic rings. The van der Waals surface area contributed by atoms with Crippen LogP contribution in [0.15, 0.2) is 6.07 Å². The molecule has 0 aromatic carbocycles. The lowest BCUT2D eigenvalue weighted by Crippen LogP contribution is -2.31. The SMILES string of the molecule is CN(CC(=O)O)C(=O)c1cc2c(s1)CCC2. The number of carbonyl (C=O) groups excluding carboxylic acids is 1. The van der Waals surface area contributed by atoms with E-state index in [9.17, 15) is 9.59 Å². The Morgan fingerprint density at radius 2 is 2.25 bits per heavy atom. The molecule has 0 atom stereocenters. The summed E-state index contributed by atoms with van der Waals surface area (Å²) >= 11 is 1.50. The molecule has 0 fully saturated rings. The van der Waals surface area contributed by atoms with Crippen LogP contribution in [0.3, 0.4) is 0 Å². The monoisotopic (exact) mass is 239 g/mol. The number of thiophene rings is 1. The first kappa shape index (κ1) is 11.1. The number of aliphatic carboxylic acids is 1. The second kappa shape index (κ2) is 4.25. The minimum Gasteiger partial charge on any atom is -0.480 e. The van der Waals surface area contributed by atoms with Gasteiger partial charge in [0, 0.05) is 11.9 Å². The highest BCUT2D eigenvalue weighted by Crippen LogP contribution is 2.31. The lowest BCUT2D eigenvalue weighted by atomic mass is 10.2. The summed E-state index contributed by atoms with van der Waals surface area (Å²) in [7, 11) is 1.52. The molecule has 0 radical (unpaired) electrons. The summed E-state index contributed by atoms with van der Waals surface area (Å²) in [6.45, 7) is -0.249. The summed E-state index contributed by atoms with van der Waals surface area (Å²) in [5, 5.41) is 8.61. The Labute approximate surface area is 97.5 Å². The van der Waals surface area contributed by atoms with Crippen LogP contribution in [0, 0.1) is 0 Å². The van der Waals surface area contributed by atoms with Crippen molar-refractivity contribution in [2.45, 2.75) is 19.3 Å². The molecule has 0 saturated heterocycles. The van der Waals surface area contributed by atoms with Gasteiger partial charge in [-0.3, -0.25) is 9.59 Å². The third kappa shape index (κ3) is 2.09. The molecule has 5 heteroatoms. The molecule has 0 unspecified atom stereocenters. The molecule has 0 aliphatic heterocycles. The second-order valence-corrected chi connectivity index (χ2v) is 5.10. The van der Waals surface area contributed by atoms with E-state index in [0.29, 0.717) is 4.88 Å². The van der Waals surface area contributed by atoms with Gasteiger partial charge in [-0.2, -0.15) is 0 Å². The Morgan fingerprint density at radius 1 is 1.50 bits per heavy atom. The second-order valence-electron chi connectivity index (χ2n) is 3.97. The number of rotatable bonds is 3. The van der Waals surface area contributed by atoms with E-state index in [1.165, 1.54) is 40.1 Å². The maximum Gasteiger partial charge on any atom is 0.323 e. The molecular formula is C11H13NO3S. The van der Waals surface area contributed by atoms with Crippen molar-refractivity contribution in [3.05, 3.63) is 21.4 Å². The molecule has 1 N–H and O–H groups in total. The number of amides is 1. The lowest BCUT2D eigenvalue weighted by molar-refractivity contribution is -0.137. The van der Waals surface area contributed by atoms with Crippen molar-refractivity contribution in [2.75, 3.05) is 13.6 Å². The molecule has 0 spiro atoms. The first-order valence-electron chi connectivity index (χ1n) is 5.17. The molecule has 1 amide bonds. The topological polar surface area (TPSA) is 57.6 Å². The first-order chi connectivity index (χ1) is 7.58. The van der Waals surface area contributed by atoms with Crippen LogP contribution in [-0.2, 0) is 17.6 Å². The zero-order chi connectivity index (χ0) is 11.7. The fourth-order valence-corrected chi connectivity index (χ4v) is 3.15. The minimum atomic E-state index is -0.986. The molecule has 1 aromatic heterocycles. The van der Waals surface area contributed by atoms with Gasteiger partial charge in [-0.05, 0) is 30.9 Å². The molecule has 2 rings (SSSR count). The van der Waals surface area contributed by atoms with E-state index in [1.54, 1.807) is 0 Å². The van der Waals surface area contributed by atoms with E-state index in [4.69, 9.17) is 5.11 Å². The van der Waals surface area contributed by atoms with Crippen molar-refractivity contribution in [3.8, 4) is 0 Å². The Morgan fingerprint density at radius 3 is 2.88 bits per heavy atom. The number of hydrogen-bond acceptors (Lipinski definition) is 3. The number of fused-ring (bicyclic) bond motifs is 1. The third-order valence-corrected chi connectivity index (χ3v) is 3.90. The molecule has 0 saturated carbocycles. The molecule has 0 bridgehead atoms. The highest BCUT2D eigenvalue weighted by Gasteiger charge is 2.21. The quantitative estimate of drug-likeness (QED) is 0.867. The molecular weight excluding hydrogens is 226 g/mol. The lowest BCUT2D eigenvalue weighted by Gasteiger charge is -2.12. The zero-order valence-corrected chi connectivity index (χ0v) is 9.84. The predicted molar refractivity (Wildman–Crippen MR) is 60.9 cm³/mol. The van der Waals surface area contributed by atoms with Crippen LogP contribution < -0.4 is 0 Å². The van der Waals surface area contributed by atoms with Gasteiger partial charge >= 0.3 is 5.97 Å². The van der Waals surface area contributed by atoms with Crippen molar-refractivity contribution < 1.29 is 14.7 Å². The van der Waals surface area contributed by atoms with Gasteiger partial charge in [0.1, 0.15) is 6.54 Å². The summed E-state index contributed by atoms with van der Waals surface area (Å²) in [5.74, 6) is -1.18. The van der Waals surface area contributed by atoms with Gasteiger partial charge in [-0.15, -0.1) is 11.3 Å². The molecule has 16 heavy (non-hydrogen) atoms. The van der Waals surface area contributed by atoms with Crippen molar-refractivity contribution in [3.63, 3.8) is 0 Å². The van der Waals surface area contributed by atoms with E-state index in [0.717, 1.165) is 12.8 Å². The Hall–Kier alpha value is -1.36. The van der Waals surface area contributed by atoms with Gasteiger partial charge in [-0.25, -0.2) is 0 Å². The van der Waals surface area contributed by atoms with Crippen molar-refractivity contribution in [1.82, 2.24) is 4.90 Å². The van der Waals surface area contributed by atoms with Gasteiger partial charge in [0.25, 0.3) is 5.91 Å². The Bertz CT molecular complexity index is 417. The fourth-order valence-electron chi connectivity index (χ4n) is 1.90. The van der Waals surface area contributed by atoms with Crippen molar-refractivity contribution in [1.29, 1.82) is 0 Å². The number of hydrogen-bond donors (Lipinski definition) is 1. The van der Waals surface area contributed by atoms with Crippen molar-refractivity contribution in [2.24, 2.45) is 0 Å². The number of carbonyl (C=O) groups is 2. The van der Waals surface area contributed by atoms with Crippen LogP contribution in [0.4, 0.5) is 0 Å². The molecule has 1 heterocycles. The van der Waals surface area contributed by atoms with Gasteiger partial charge < -0.3 is 10.0 Å². The largest absolute Gasteiger partial charge is 0.480 e. The zero-order valence-electron chi connectivity index (χ0n) is 9.02. The van der Waals surface area contributed by atoms with Crippen molar-refractivity contribution >= 4 is 23.2 Å². The number of carboxylic acids is 1. The van der Waals surface area contributed by atoms with E-state index < -0.39 is 5.97 Å². The number of likely N-dealkylation sites (N-methyl/N-ethyl adjacent to an activating group) is 1. The van der Waals surface area contributed by atoms with E-state index in [2.05, 4.69) is 0 Å². The van der Waals surface area contributed by atoms with Crippen LogP contribution in [0.1, 0.15) is 26.5 Å². The average Bonchev–Trinajstić information content (AvgIpc) is 2.74. The normalized spacial score (nSPS) is 13.6. The highest BCUT2D eigenvalue weighted by molar-refractivity contribution is 7.14. The summed E-state index contributed by atoms with van der Waals surface area (Å²) in [5.41, 5.74) is 1.26. The smallest absolute Gasteiger partial charge is 0.323 e. The van der Waals surface area contributed by atoms with Gasteiger partial charge in [0.2, 0.25) is 0 Å². The molecule has 1 aliphatic carbocycles. The Kier molecular flexibility index (Phi) is 2.96.